The van der Waals surface area contributed by atoms with E-state index in [1.807, 2.05) is 0 Å². The molecule has 0 aliphatic heterocycles. The van der Waals surface area contributed by atoms with Gasteiger partial charge < -0.3 is 9.84 Å². The van der Waals surface area contributed by atoms with Gasteiger partial charge in [0.2, 0.25) is 0 Å². The van der Waals surface area contributed by atoms with Crippen molar-refractivity contribution < 1.29 is 19.4 Å². The molecule has 0 unspecified atom stereocenters. The quantitative estimate of drug-likeness (QED) is 0.0236. The van der Waals surface area contributed by atoms with E-state index in [0.717, 1.165) is 25.7 Å². The van der Waals surface area contributed by atoms with Crippen molar-refractivity contribution in [2.75, 3.05) is 12.4 Å². The molecule has 0 fully saturated rings. The number of carboxylic acids is 1. The molecule has 2 radical (unpaired) electrons. The molecular weight excluding hydrogens is 683 g/mol. The van der Waals surface area contributed by atoms with Crippen LogP contribution in [-0.4, -0.2) is 51.9 Å². The van der Waals surface area contributed by atoms with E-state index in [1.165, 1.54) is 164 Å². The summed E-state index contributed by atoms with van der Waals surface area (Å²) in [6, 6.07) is 0. The standard InChI is InChI=1S/C20H38O2S.C18H34O2.CH3.Sn.H/c1-2-3-4-5-6-7-8-9-10-11-12-13-14-15-16-17-20(21)22-18-19-23;1-2-3-4-5-6-7-8-9-10-11-12-13-14-15-16-17-18(19)20;;;/h9-10,23H,2-8,11-19H2,1H3;9-10H,2-8,11-17H2,1H3,(H,19,20);1H3;;/b2*10-9-;;;. The molecule has 0 saturated heterocycles. The molecule has 0 rings (SSSR count). The van der Waals surface area contributed by atoms with Gasteiger partial charge in [-0.3, -0.25) is 9.59 Å². The van der Waals surface area contributed by atoms with Gasteiger partial charge >= 0.3 is 39.4 Å². The average molecular weight is 760 g/mol. The Balaban J connectivity index is -0.000000749. The Bertz CT molecular complexity index is 624. The van der Waals surface area contributed by atoms with Gasteiger partial charge in [0.25, 0.3) is 0 Å². The number of carbonyl (C=O) groups excluding carboxylic acids is 1. The molecule has 0 aromatic rings. The van der Waals surface area contributed by atoms with E-state index >= 15 is 0 Å². The Morgan fingerprint density at radius 1 is 0.533 bits per heavy atom. The SMILES string of the molecule is CCCCCCCC/C=C\CCCCCCCC(=O)O.CCCCCCCC/C=C\CCCCCCCC(=O)OCCS.[CH3][SnH]. The van der Waals surface area contributed by atoms with E-state index in [9.17, 15) is 9.59 Å². The fraction of sp³-hybridized carbons (Fsp3) is 0.846. The van der Waals surface area contributed by atoms with E-state index in [1.54, 1.807) is 0 Å². The van der Waals surface area contributed by atoms with E-state index < -0.39 is 5.97 Å². The molecule has 266 valence electrons. The van der Waals surface area contributed by atoms with Crippen molar-refractivity contribution in [1.82, 2.24) is 0 Å². The van der Waals surface area contributed by atoms with Crippen LogP contribution >= 0.6 is 12.6 Å². The number of allylic oxidation sites excluding steroid dienone is 4. The zero-order chi connectivity index (χ0) is 33.9. The summed E-state index contributed by atoms with van der Waals surface area (Å²) < 4.78 is 4.99. The molecule has 0 atom stereocenters. The number of hydrogen-bond acceptors (Lipinski definition) is 4. The molecule has 1 N–H and O–H groups in total. The molecule has 0 amide bonds. The Hall–Kier alpha value is -0.431. The summed E-state index contributed by atoms with van der Waals surface area (Å²) >= 11 is 5.36. The maximum atomic E-state index is 11.3. The van der Waals surface area contributed by atoms with Crippen LogP contribution in [0.5, 0.6) is 0 Å². The molecule has 0 aromatic carbocycles. The minimum atomic E-state index is -0.664. The van der Waals surface area contributed by atoms with Gasteiger partial charge in [-0.25, -0.2) is 0 Å². The Labute approximate surface area is 300 Å². The first kappa shape index (κ1) is 49.0. The van der Waals surface area contributed by atoms with Crippen LogP contribution in [0.15, 0.2) is 24.3 Å². The van der Waals surface area contributed by atoms with Gasteiger partial charge in [-0.2, -0.15) is 12.6 Å². The monoisotopic (exact) mass is 760 g/mol. The number of carboxylic acid groups (broad SMARTS) is 1. The zero-order valence-electron chi connectivity index (χ0n) is 30.2. The maximum absolute atomic E-state index is 11.3. The van der Waals surface area contributed by atoms with E-state index in [2.05, 4.69) is 55.7 Å². The second kappa shape index (κ2) is 48.0. The van der Waals surface area contributed by atoms with Gasteiger partial charge in [0.1, 0.15) is 6.61 Å². The molecule has 4 nitrogen and oxygen atoms in total. The molecule has 6 heteroatoms. The first-order chi connectivity index (χ1) is 22.1. The second-order valence-corrected chi connectivity index (χ2v) is 12.5. The number of rotatable bonds is 32. The molecule has 0 spiro atoms. The fourth-order valence-electron chi connectivity index (χ4n) is 4.92. The van der Waals surface area contributed by atoms with Crippen LogP contribution in [0.3, 0.4) is 0 Å². The summed E-state index contributed by atoms with van der Waals surface area (Å²) in [7, 11) is 0. The van der Waals surface area contributed by atoms with E-state index in [0.29, 0.717) is 25.2 Å². The van der Waals surface area contributed by atoms with Crippen LogP contribution in [0.4, 0.5) is 0 Å². The molecule has 0 saturated carbocycles. The van der Waals surface area contributed by atoms with Crippen LogP contribution in [-0.2, 0) is 14.3 Å². The first-order valence-electron chi connectivity index (χ1n) is 18.9. The van der Waals surface area contributed by atoms with Crippen molar-refractivity contribution >= 4 is 47.1 Å². The van der Waals surface area contributed by atoms with Crippen molar-refractivity contribution in [3.8, 4) is 0 Å². The number of esters is 1. The normalized spacial score (nSPS) is 10.9. The van der Waals surface area contributed by atoms with Gasteiger partial charge in [0.05, 0.1) is 0 Å². The summed E-state index contributed by atoms with van der Waals surface area (Å²) in [4.78, 5) is 23.7. The summed E-state index contributed by atoms with van der Waals surface area (Å²) in [5, 5.41) is 8.51. The predicted octanol–water partition coefficient (Wildman–Crippen LogP) is 12.5. The van der Waals surface area contributed by atoms with E-state index in [4.69, 9.17) is 9.84 Å². The van der Waals surface area contributed by atoms with Crippen molar-refractivity contribution in [3.05, 3.63) is 24.3 Å². The molecule has 0 bridgehead atoms. The summed E-state index contributed by atoms with van der Waals surface area (Å²) in [6.07, 6.45) is 43.1. The third kappa shape index (κ3) is 53.3. The topological polar surface area (TPSA) is 63.6 Å². The number of carbonyl (C=O) groups is 2. The van der Waals surface area contributed by atoms with Crippen molar-refractivity contribution in [1.29, 1.82) is 0 Å². The number of thiol groups is 1. The van der Waals surface area contributed by atoms with Gasteiger partial charge in [0, 0.05) is 18.6 Å². The zero-order valence-corrected chi connectivity index (χ0v) is 34.4. The molecule has 0 aliphatic rings. The predicted molar refractivity (Wildman–Crippen MR) is 204 cm³/mol. The van der Waals surface area contributed by atoms with Crippen molar-refractivity contribution in [3.63, 3.8) is 0 Å². The number of aliphatic carboxylic acids is 1. The second-order valence-electron chi connectivity index (χ2n) is 12.0. The van der Waals surface area contributed by atoms with Crippen LogP contribution in [0.1, 0.15) is 194 Å². The van der Waals surface area contributed by atoms with Crippen LogP contribution in [0.25, 0.3) is 0 Å². The molecular formula is C39H76O4SSn. The molecule has 0 heterocycles. The summed E-state index contributed by atoms with van der Waals surface area (Å²) in [6.45, 7) is 4.96. The summed E-state index contributed by atoms with van der Waals surface area (Å²) in [5.41, 5.74) is 0. The van der Waals surface area contributed by atoms with Crippen LogP contribution < -0.4 is 0 Å². The van der Waals surface area contributed by atoms with Crippen LogP contribution in [0.2, 0.25) is 4.94 Å². The van der Waals surface area contributed by atoms with Crippen LogP contribution in [0, 0.1) is 0 Å². The third-order valence-corrected chi connectivity index (χ3v) is 7.83. The number of hydrogen-bond donors (Lipinski definition) is 2. The molecule has 0 aliphatic carbocycles. The van der Waals surface area contributed by atoms with E-state index in [-0.39, 0.29) is 5.97 Å². The first-order valence-corrected chi connectivity index (χ1v) is 22.9. The minimum absolute atomic E-state index is 0.0725. The van der Waals surface area contributed by atoms with Gasteiger partial charge in [-0.1, -0.05) is 141 Å². The Morgan fingerprint density at radius 2 is 0.844 bits per heavy atom. The van der Waals surface area contributed by atoms with Crippen molar-refractivity contribution in [2.45, 2.75) is 199 Å². The Kier molecular flexibility index (Phi) is 52.2. The van der Waals surface area contributed by atoms with Crippen molar-refractivity contribution in [2.24, 2.45) is 0 Å². The Morgan fingerprint density at radius 3 is 1.18 bits per heavy atom. The third-order valence-electron chi connectivity index (χ3n) is 7.65. The fourth-order valence-corrected chi connectivity index (χ4v) is 5.01. The van der Waals surface area contributed by atoms with Gasteiger partial charge in [-0.05, 0) is 64.2 Å². The summed E-state index contributed by atoms with van der Waals surface area (Å²) in [5.74, 6) is -0.128. The average Bonchev–Trinajstić information content (AvgIpc) is 3.04. The molecule has 45 heavy (non-hydrogen) atoms. The molecule has 0 aromatic heterocycles. The number of ether oxygens (including phenoxy) is 1. The number of unbranched alkanes of at least 4 members (excludes halogenated alkanes) is 22. The van der Waals surface area contributed by atoms with Gasteiger partial charge in [-0.15, -0.1) is 0 Å². The van der Waals surface area contributed by atoms with Gasteiger partial charge in [0.15, 0.2) is 0 Å².